The number of nitrogens with one attached hydrogen (secondary N) is 1. The molecular formula is C38H46N6O5S. The summed E-state index contributed by atoms with van der Waals surface area (Å²) in [5.41, 5.74) is 5.18. The SMILES string of the molecule is CC[C@@H]1CN(Cc2cc([C@@H](c3ccc4c(nnn4CC)c3C)C(C)(C)NC(=O)c3cccn(C)c3=O)ccc2C)S(O)(O)c2ccccc2O1. The lowest BCUT2D eigenvalue weighted by Crippen LogP contribution is -2.50. The number of aryl methyl sites for hydroxylation is 4. The summed E-state index contributed by atoms with van der Waals surface area (Å²) >= 11 is 0. The summed E-state index contributed by atoms with van der Waals surface area (Å²) in [4.78, 5) is 27.1. The summed E-state index contributed by atoms with van der Waals surface area (Å²) in [6.07, 6.45) is 2.09. The standard InChI is InChI=1S/C38H46N6O5S/c1-8-28-23-43(50(47,48)33-15-11-10-14-32(33)49-28)22-27-21-26(17-16-24(27)3)34(29-18-19-31-35(25(29)4)40-41-44(31)9-2)38(5,6)39-36(45)30-13-12-20-42(7)37(30)46/h10-21,28,34,47-48H,8-9,22-23H2,1-7H3,(H,39,45)/t28-,34+/m1/s1. The van der Waals surface area contributed by atoms with Gasteiger partial charge in [0.1, 0.15) is 27.8 Å². The van der Waals surface area contributed by atoms with Crippen LogP contribution in [-0.2, 0) is 20.1 Å². The molecular weight excluding hydrogens is 653 g/mol. The second kappa shape index (κ2) is 13.7. The number of benzene rings is 3. The van der Waals surface area contributed by atoms with Crippen molar-refractivity contribution in [3.63, 3.8) is 0 Å². The first-order chi connectivity index (χ1) is 23.8. The molecule has 1 aliphatic heterocycles. The number of para-hydroxylation sites is 1. The molecule has 0 unspecified atom stereocenters. The van der Waals surface area contributed by atoms with Gasteiger partial charge in [-0.25, -0.2) is 4.68 Å². The van der Waals surface area contributed by atoms with Crippen molar-refractivity contribution in [2.75, 3.05) is 6.54 Å². The molecule has 3 aromatic carbocycles. The second-order valence-corrected chi connectivity index (χ2v) is 15.6. The molecule has 11 nitrogen and oxygen atoms in total. The van der Waals surface area contributed by atoms with Gasteiger partial charge >= 0.3 is 0 Å². The molecule has 0 spiro atoms. The molecule has 0 aliphatic carbocycles. The van der Waals surface area contributed by atoms with Gasteiger partial charge in [-0.05, 0) is 99.2 Å². The smallest absolute Gasteiger partial charge is 0.263 e. The van der Waals surface area contributed by atoms with Gasteiger partial charge in [0.2, 0.25) is 0 Å². The van der Waals surface area contributed by atoms with Crippen LogP contribution in [0.1, 0.15) is 78.2 Å². The summed E-state index contributed by atoms with van der Waals surface area (Å²) in [6.45, 7) is 13.3. The fourth-order valence-corrected chi connectivity index (χ4v) is 8.59. The van der Waals surface area contributed by atoms with Gasteiger partial charge in [0.25, 0.3) is 11.5 Å². The fourth-order valence-electron chi connectivity index (χ4n) is 6.98. The molecule has 6 rings (SSSR count). The number of aromatic nitrogens is 4. The predicted molar refractivity (Wildman–Crippen MR) is 197 cm³/mol. The van der Waals surface area contributed by atoms with Crippen LogP contribution < -0.4 is 15.6 Å². The Kier molecular flexibility index (Phi) is 9.66. The monoisotopic (exact) mass is 698 g/mol. The number of carbonyl (C=O) groups excluding carboxylic acids is 1. The van der Waals surface area contributed by atoms with E-state index in [4.69, 9.17) is 4.74 Å². The number of fused-ring (bicyclic) bond motifs is 2. The number of ether oxygens (including phenoxy) is 1. The van der Waals surface area contributed by atoms with E-state index in [0.717, 1.165) is 38.9 Å². The highest BCUT2D eigenvalue weighted by atomic mass is 32.3. The molecule has 2 atom stereocenters. The number of hydrogen-bond donors (Lipinski definition) is 3. The predicted octanol–water partition coefficient (Wildman–Crippen LogP) is 6.80. The Morgan fingerprint density at radius 3 is 2.58 bits per heavy atom. The van der Waals surface area contributed by atoms with E-state index in [1.165, 1.54) is 10.6 Å². The van der Waals surface area contributed by atoms with Crippen molar-refractivity contribution in [1.82, 2.24) is 29.2 Å². The van der Waals surface area contributed by atoms with Crippen LogP contribution in [0.4, 0.5) is 0 Å². The maximum absolute atomic E-state index is 13.8. The van der Waals surface area contributed by atoms with E-state index in [-0.39, 0.29) is 23.8 Å². The minimum absolute atomic E-state index is 0.0591. The fraction of sp³-hybridized carbons (Fsp3) is 0.368. The molecule has 0 radical (unpaired) electrons. The van der Waals surface area contributed by atoms with E-state index >= 15 is 0 Å². The quantitative estimate of drug-likeness (QED) is 0.153. The topological polar surface area (TPSA) is 135 Å². The van der Waals surface area contributed by atoms with Crippen LogP contribution in [0.15, 0.2) is 82.6 Å². The van der Waals surface area contributed by atoms with Crippen LogP contribution >= 0.6 is 10.8 Å². The first-order valence-corrected chi connectivity index (χ1v) is 18.5. The highest BCUT2D eigenvalue weighted by Crippen LogP contribution is 2.57. The molecule has 0 saturated heterocycles. The van der Waals surface area contributed by atoms with E-state index in [9.17, 15) is 18.7 Å². The van der Waals surface area contributed by atoms with Gasteiger partial charge in [-0.1, -0.05) is 48.5 Å². The van der Waals surface area contributed by atoms with Crippen molar-refractivity contribution in [2.45, 2.75) is 83.5 Å². The van der Waals surface area contributed by atoms with Gasteiger partial charge in [-0.3, -0.25) is 18.7 Å². The first-order valence-electron chi connectivity index (χ1n) is 17.0. The minimum Gasteiger partial charge on any atom is -0.487 e. The van der Waals surface area contributed by atoms with Crippen LogP contribution in [0.2, 0.25) is 0 Å². The third-order valence-electron chi connectivity index (χ3n) is 9.83. The number of carbonyl (C=O) groups is 1. The van der Waals surface area contributed by atoms with Gasteiger partial charge < -0.3 is 14.6 Å². The molecule has 264 valence electrons. The van der Waals surface area contributed by atoms with Crippen molar-refractivity contribution in [1.29, 1.82) is 0 Å². The molecule has 3 heterocycles. The highest BCUT2D eigenvalue weighted by molar-refractivity contribution is 8.22. The van der Waals surface area contributed by atoms with Crippen molar-refractivity contribution in [3.8, 4) is 5.75 Å². The van der Waals surface area contributed by atoms with Crippen LogP contribution in [0, 0.1) is 13.8 Å². The van der Waals surface area contributed by atoms with Crippen LogP contribution in [0.25, 0.3) is 11.0 Å². The molecule has 12 heteroatoms. The summed E-state index contributed by atoms with van der Waals surface area (Å²) in [5.74, 6) is -0.373. The van der Waals surface area contributed by atoms with Gasteiger partial charge in [0.15, 0.2) is 0 Å². The van der Waals surface area contributed by atoms with Gasteiger partial charge in [0, 0.05) is 37.8 Å². The van der Waals surface area contributed by atoms with Crippen molar-refractivity contribution >= 4 is 27.7 Å². The summed E-state index contributed by atoms with van der Waals surface area (Å²) in [6, 6.07) is 20.6. The Hall–Kier alpha value is -4.49. The van der Waals surface area contributed by atoms with Crippen molar-refractivity contribution in [3.05, 3.63) is 117 Å². The van der Waals surface area contributed by atoms with E-state index in [1.807, 2.05) is 64.4 Å². The third-order valence-corrected chi connectivity index (χ3v) is 11.8. The Morgan fingerprint density at radius 1 is 1.08 bits per heavy atom. The average Bonchev–Trinajstić information content (AvgIpc) is 3.47. The minimum atomic E-state index is -3.37. The normalized spacial score (nSPS) is 17.4. The second-order valence-electron chi connectivity index (χ2n) is 13.6. The molecule has 0 fully saturated rings. The number of pyridine rings is 1. The summed E-state index contributed by atoms with van der Waals surface area (Å²) in [7, 11) is -1.75. The van der Waals surface area contributed by atoms with Crippen LogP contribution in [0.5, 0.6) is 5.75 Å². The van der Waals surface area contributed by atoms with E-state index in [0.29, 0.717) is 30.2 Å². The molecule has 0 bridgehead atoms. The van der Waals surface area contributed by atoms with E-state index < -0.39 is 28.1 Å². The number of rotatable bonds is 9. The highest BCUT2D eigenvalue weighted by Gasteiger charge is 2.38. The van der Waals surface area contributed by atoms with E-state index in [2.05, 4.69) is 33.8 Å². The molecule has 2 aromatic heterocycles. The molecule has 0 saturated carbocycles. The van der Waals surface area contributed by atoms with Crippen LogP contribution in [0.3, 0.4) is 0 Å². The van der Waals surface area contributed by atoms with Gasteiger partial charge in [-0.15, -0.1) is 15.9 Å². The zero-order chi connectivity index (χ0) is 36.0. The lowest BCUT2D eigenvalue weighted by molar-refractivity contribution is 0.0903. The molecule has 1 aliphatic rings. The van der Waals surface area contributed by atoms with Crippen molar-refractivity contribution < 1.29 is 18.6 Å². The Balaban J connectivity index is 1.46. The molecule has 50 heavy (non-hydrogen) atoms. The number of amides is 1. The van der Waals surface area contributed by atoms with Crippen LogP contribution in [-0.4, -0.2) is 57.1 Å². The van der Waals surface area contributed by atoms with Gasteiger partial charge in [-0.2, -0.15) is 4.31 Å². The lowest BCUT2D eigenvalue weighted by Gasteiger charge is -2.42. The largest absolute Gasteiger partial charge is 0.487 e. The Labute approximate surface area is 294 Å². The molecule has 3 N–H and O–H groups in total. The maximum atomic E-state index is 13.8. The van der Waals surface area contributed by atoms with Gasteiger partial charge in [0.05, 0.1) is 12.1 Å². The average molecular weight is 699 g/mol. The number of hydrogen-bond acceptors (Lipinski definition) is 8. The summed E-state index contributed by atoms with van der Waals surface area (Å²) < 4.78 is 34.7. The zero-order valence-electron chi connectivity index (χ0n) is 29.7. The molecule has 1 amide bonds. The molecule has 5 aromatic rings. The zero-order valence-corrected chi connectivity index (χ0v) is 30.5. The van der Waals surface area contributed by atoms with E-state index in [1.54, 1.807) is 41.8 Å². The summed E-state index contributed by atoms with van der Waals surface area (Å²) in [5, 5.41) is 12.1. The Morgan fingerprint density at radius 2 is 1.84 bits per heavy atom. The lowest BCUT2D eigenvalue weighted by atomic mass is 9.74. The van der Waals surface area contributed by atoms with Crippen molar-refractivity contribution in [2.24, 2.45) is 7.05 Å². The first kappa shape index (κ1) is 35.3. The number of nitrogens with zero attached hydrogens (tertiary/aromatic N) is 5. The third kappa shape index (κ3) is 6.44. The maximum Gasteiger partial charge on any atom is 0.263 e. The Bertz CT molecular complexity index is 2120.